The zero-order valence-electron chi connectivity index (χ0n) is 13.7. The third-order valence-electron chi connectivity index (χ3n) is 4.12. The van der Waals surface area contributed by atoms with Gasteiger partial charge in [-0.3, -0.25) is 9.71 Å². The molecule has 0 aliphatic carbocycles. The molecule has 1 unspecified atom stereocenters. The molecule has 0 fully saturated rings. The standard InChI is InChI=1S/C19H20N2O2S/c1-14(16-9-5-3-6-10-16)13-20-19-15(2)18(24(22,23)21-19)17-11-7-4-8-12-17/h3-12,14H,13H2,1-2H3,(H,20,21). The van der Waals surface area contributed by atoms with Gasteiger partial charge in [0.1, 0.15) is 10.7 Å². The highest BCUT2D eigenvalue weighted by molar-refractivity contribution is 8.00. The fraction of sp³-hybridized carbons (Fsp3) is 0.211. The van der Waals surface area contributed by atoms with Gasteiger partial charge < -0.3 is 0 Å². The summed E-state index contributed by atoms with van der Waals surface area (Å²) < 4.78 is 27.5. The summed E-state index contributed by atoms with van der Waals surface area (Å²) in [6.07, 6.45) is 0. The molecule has 1 aliphatic heterocycles. The number of hydrogen-bond acceptors (Lipinski definition) is 3. The van der Waals surface area contributed by atoms with E-state index in [1.807, 2.05) is 36.4 Å². The molecule has 0 aromatic heterocycles. The summed E-state index contributed by atoms with van der Waals surface area (Å²) in [6, 6.07) is 19.2. The molecule has 4 nitrogen and oxygen atoms in total. The molecule has 5 heteroatoms. The van der Waals surface area contributed by atoms with E-state index in [9.17, 15) is 8.42 Å². The van der Waals surface area contributed by atoms with Crippen molar-refractivity contribution in [1.82, 2.24) is 4.72 Å². The average molecular weight is 340 g/mol. The Morgan fingerprint density at radius 2 is 1.58 bits per heavy atom. The van der Waals surface area contributed by atoms with Gasteiger partial charge in [-0.25, -0.2) is 8.42 Å². The summed E-state index contributed by atoms with van der Waals surface area (Å²) in [5.41, 5.74) is 2.54. The number of aliphatic imine (C=N–C) groups is 1. The molecule has 1 aliphatic rings. The second-order valence-corrected chi connectivity index (χ2v) is 7.55. The normalized spacial score (nSPS) is 19.3. The van der Waals surface area contributed by atoms with Crippen LogP contribution in [0.15, 0.2) is 71.2 Å². The van der Waals surface area contributed by atoms with Crippen molar-refractivity contribution in [3.63, 3.8) is 0 Å². The fourth-order valence-corrected chi connectivity index (χ4v) is 4.31. The van der Waals surface area contributed by atoms with E-state index < -0.39 is 10.0 Å². The maximum atomic E-state index is 12.4. The van der Waals surface area contributed by atoms with Crippen LogP contribution in [0.2, 0.25) is 0 Å². The lowest BCUT2D eigenvalue weighted by atomic mass is 10.0. The topological polar surface area (TPSA) is 58.5 Å². The van der Waals surface area contributed by atoms with Crippen LogP contribution in [0.25, 0.3) is 4.91 Å². The minimum Gasteiger partial charge on any atom is -0.267 e. The van der Waals surface area contributed by atoms with E-state index in [4.69, 9.17) is 0 Å². The van der Waals surface area contributed by atoms with E-state index in [2.05, 4.69) is 28.8 Å². The minimum atomic E-state index is -3.55. The van der Waals surface area contributed by atoms with Gasteiger partial charge in [0.25, 0.3) is 10.0 Å². The monoisotopic (exact) mass is 340 g/mol. The van der Waals surface area contributed by atoms with Gasteiger partial charge in [0.2, 0.25) is 0 Å². The molecule has 24 heavy (non-hydrogen) atoms. The van der Waals surface area contributed by atoms with Crippen molar-refractivity contribution in [3.8, 4) is 0 Å². The summed E-state index contributed by atoms with van der Waals surface area (Å²) >= 11 is 0. The molecule has 3 rings (SSSR count). The number of sulfonamides is 1. The highest BCUT2D eigenvalue weighted by Gasteiger charge is 2.32. The first-order valence-electron chi connectivity index (χ1n) is 7.88. The number of benzene rings is 2. The predicted octanol–water partition coefficient (Wildman–Crippen LogP) is 3.55. The van der Waals surface area contributed by atoms with Gasteiger partial charge in [0.05, 0.1) is 0 Å². The molecule has 2 aromatic rings. The largest absolute Gasteiger partial charge is 0.267 e. The number of amidine groups is 1. The summed E-state index contributed by atoms with van der Waals surface area (Å²) in [5, 5.41) is 0. The van der Waals surface area contributed by atoms with Crippen LogP contribution in [-0.2, 0) is 10.0 Å². The number of rotatable bonds is 4. The Morgan fingerprint density at radius 3 is 2.21 bits per heavy atom. The lowest BCUT2D eigenvalue weighted by molar-refractivity contribution is 0.603. The van der Waals surface area contributed by atoms with Crippen LogP contribution in [0, 0.1) is 0 Å². The van der Waals surface area contributed by atoms with Crippen LogP contribution in [0.3, 0.4) is 0 Å². The molecule has 0 radical (unpaired) electrons. The highest BCUT2D eigenvalue weighted by Crippen LogP contribution is 2.29. The van der Waals surface area contributed by atoms with Gasteiger partial charge in [-0.15, -0.1) is 0 Å². The molecule has 0 saturated carbocycles. The first-order chi connectivity index (χ1) is 11.5. The van der Waals surface area contributed by atoms with Crippen molar-refractivity contribution < 1.29 is 8.42 Å². The maximum absolute atomic E-state index is 12.4. The molecule has 2 aromatic carbocycles. The second-order valence-electron chi connectivity index (χ2n) is 5.93. The summed E-state index contributed by atoms with van der Waals surface area (Å²) in [4.78, 5) is 4.83. The lowest BCUT2D eigenvalue weighted by Crippen LogP contribution is -2.24. The molecule has 1 N–H and O–H groups in total. The maximum Gasteiger partial charge on any atom is 0.264 e. The number of nitrogens with one attached hydrogen (secondary N) is 1. The van der Waals surface area contributed by atoms with Crippen LogP contribution >= 0.6 is 0 Å². The first-order valence-corrected chi connectivity index (χ1v) is 9.36. The van der Waals surface area contributed by atoms with E-state index in [1.54, 1.807) is 19.1 Å². The predicted molar refractivity (Wildman–Crippen MR) is 98.3 cm³/mol. The third kappa shape index (κ3) is 3.26. The van der Waals surface area contributed by atoms with E-state index in [1.165, 1.54) is 5.56 Å². The molecule has 0 amide bonds. The zero-order valence-corrected chi connectivity index (χ0v) is 14.5. The third-order valence-corrected chi connectivity index (χ3v) is 5.66. The van der Waals surface area contributed by atoms with Crippen molar-refractivity contribution in [1.29, 1.82) is 0 Å². The quantitative estimate of drug-likeness (QED) is 0.925. The van der Waals surface area contributed by atoms with Crippen molar-refractivity contribution in [3.05, 3.63) is 77.4 Å². The molecule has 0 saturated heterocycles. The van der Waals surface area contributed by atoms with E-state index >= 15 is 0 Å². The first kappa shape index (κ1) is 16.5. The molecule has 0 bridgehead atoms. The molecule has 1 heterocycles. The Balaban J connectivity index is 1.89. The Labute approximate surface area is 143 Å². The van der Waals surface area contributed by atoms with Crippen LogP contribution in [0.4, 0.5) is 0 Å². The van der Waals surface area contributed by atoms with Crippen molar-refractivity contribution >= 4 is 20.8 Å². The minimum absolute atomic E-state index is 0.219. The van der Waals surface area contributed by atoms with Gasteiger partial charge in [-0.2, -0.15) is 0 Å². The molecular formula is C19H20N2O2S. The molecule has 1 atom stereocenters. The molecule has 124 valence electrons. The summed E-state index contributed by atoms with van der Waals surface area (Å²) in [7, 11) is -3.55. The van der Waals surface area contributed by atoms with Gasteiger partial charge in [0.15, 0.2) is 0 Å². The number of nitrogens with zero attached hydrogens (tertiary/aromatic N) is 1. The Bertz CT molecular complexity index is 885. The van der Waals surface area contributed by atoms with Crippen LogP contribution < -0.4 is 4.72 Å². The summed E-state index contributed by atoms with van der Waals surface area (Å²) in [5.74, 6) is 0.661. The fourth-order valence-electron chi connectivity index (χ4n) is 2.79. The average Bonchev–Trinajstić information content (AvgIpc) is 2.83. The van der Waals surface area contributed by atoms with E-state index in [0.29, 0.717) is 28.4 Å². The van der Waals surface area contributed by atoms with Crippen molar-refractivity contribution in [2.24, 2.45) is 4.99 Å². The van der Waals surface area contributed by atoms with Crippen LogP contribution in [0.1, 0.15) is 30.9 Å². The van der Waals surface area contributed by atoms with Crippen LogP contribution in [0.5, 0.6) is 0 Å². The van der Waals surface area contributed by atoms with Gasteiger partial charge in [0, 0.05) is 18.0 Å². The summed E-state index contributed by atoms with van der Waals surface area (Å²) in [6.45, 7) is 4.41. The molecule has 0 spiro atoms. The zero-order chi connectivity index (χ0) is 17.2. The Hall–Kier alpha value is -2.40. The second kappa shape index (κ2) is 6.61. The SMILES string of the molecule is CC1=C(c2ccccc2)S(=O)(=O)NC1=NCC(C)c1ccccc1. The highest BCUT2D eigenvalue weighted by atomic mass is 32.2. The smallest absolute Gasteiger partial charge is 0.264 e. The van der Waals surface area contributed by atoms with Crippen molar-refractivity contribution in [2.75, 3.05) is 6.54 Å². The lowest BCUT2D eigenvalue weighted by Gasteiger charge is -2.09. The number of hydrogen-bond donors (Lipinski definition) is 1. The molecular weight excluding hydrogens is 320 g/mol. The Kier molecular flexibility index (Phi) is 4.53. The van der Waals surface area contributed by atoms with Gasteiger partial charge in [-0.1, -0.05) is 67.6 Å². The van der Waals surface area contributed by atoms with Crippen LogP contribution in [-0.4, -0.2) is 20.8 Å². The van der Waals surface area contributed by atoms with Crippen molar-refractivity contribution in [2.45, 2.75) is 19.8 Å². The van der Waals surface area contributed by atoms with E-state index in [0.717, 1.165) is 0 Å². The van der Waals surface area contributed by atoms with Gasteiger partial charge in [-0.05, 0) is 18.1 Å². The van der Waals surface area contributed by atoms with Gasteiger partial charge >= 0.3 is 0 Å². The van der Waals surface area contributed by atoms with E-state index in [-0.39, 0.29) is 5.92 Å². The Morgan fingerprint density at radius 1 is 1.00 bits per heavy atom.